The third-order valence-electron chi connectivity index (χ3n) is 3.71. The smallest absolute Gasteiger partial charge is 0.309 e. The van der Waals surface area contributed by atoms with E-state index in [0.717, 1.165) is 12.8 Å². The van der Waals surface area contributed by atoms with Crippen molar-refractivity contribution in [3.63, 3.8) is 0 Å². The van der Waals surface area contributed by atoms with Crippen LogP contribution in [0.25, 0.3) is 0 Å². The molecule has 1 aliphatic heterocycles. The number of ether oxygens (including phenoxy) is 1. The third-order valence-corrected chi connectivity index (χ3v) is 3.71. The second-order valence-corrected chi connectivity index (χ2v) is 4.67. The Kier molecular flexibility index (Phi) is 3.09. The lowest BCUT2D eigenvalue weighted by molar-refractivity contribution is -0.144. The Morgan fingerprint density at radius 2 is 2.14 bits per heavy atom. The molecule has 2 fully saturated rings. The largest absolute Gasteiger partial charge is 0.462 e. The third kappa shape index (κ3) is 1.79. The minimum absolute atomic E-state index is 0.0933. The lowest BCUT2D eigenvalue weighted by Gasteiger charge is -2.24. The van der Waals surface area contributed by atoms with Crippen molar-refractivity contribution in [3.05, 3.63) is 0 Å². The van der Waals surface area contributed by atoms with Gasteiger partial charge in [-0.1, -0.05) is 32.6 Å². The van der Waals surface area contributed by atoms with E-state index in [4.69, 9.17) is 4.74 Å². The van der Waals surface area contributed by atoms with Crippen LogP contribution in [0, 0.1) is 11.8 Å². The molecule has 2 heteroatoms. The molecule has 2 rings (SSSR count). The van der Waals surface area contributed by atoms with Gasteiger partial charge in [0.2, 0.25) is 0 Å². The molecule has 0 unspecified atom stereocenters. The highest BCUT2D eigenvalue weighted by molar-refractivity contribution is 5.75. The summed E-state index contributed by atoms with van der Waals surface area (Å²) in [6, 6.07) is 0. The van der Waals surface area contributed by atoms with Gasteiger partial charge in [-0.3, -0.25) is 4.79 Å². The van der Waals surface area contributed by atoms with Crippen LogP contribution in [0.5, 0.6) is 0 Å². The Hall–Kier alpha value is -0.530. The van der Waals surface area contributed by atoms with E-state index in [0.29, 0.717) is 5.92 Å². The maximum absolute atomic E-state index is 11.6. The number of hydrogen-bond acceptors (Lipinski definition) is 2. The van der Waals surface area contributed by atoms with E-state index < -0.39 is 0 Å². The first-order valence-electron chi connectivity index (χ1n) is 6.03. The summed E-state index contributed by atoms with van der Waals surface area (Å²) >= 11 is 0. The molecule has 1 aliphatic carbocycles. The van der Waals surface area contributed by atoms with Crippen molar-refractivity contribution in [2.24, 2.45) is 11.8 Å². The van der Waals surface area contributed by atoms with E-state index in [1.807, 2.05) is 0 Å². The molecule has 0 aromatic heterocycles. The monoisotopic (exact) mass is 196 g/mol. The van der Waals surface area contributed by atoms with Crippen LogP contribution in [0.3, 0.4) is 0 Å². The van der Waals surface area contributed by atoms with Crippen LogP contribution in [-0.2, 0) is 9.53 Å². The number of carbonyl (C=O) groups excluding carboxylic acids is 1. The van der Waals surface area contributed by atoms with Crippen molar-refractivity contribution in [1.82, 2.24) is 0 Å². The van der Waals surface area contributed by atoms with Crippen LogP contribution >= 0.6 is 0 Å². The Morgan fingerprint density at radius 3 is 2.93 bits per heavy atom. The summed E-state index contributed by atoms with van der Waals surface area (Å²) in [5.41, 5.74) is 0. The summed E-state index contributed by atoms with van der Waals surface area (Å²) in [7, 11) is 0. The van der Waals surface area contributed by atoms with E-state index in [-0.39, 0.29) is 18.0 Å². The Labute approximate surface area is 86.0 Å². The van der Waals surface area contributed by atoms with Crippen LogP contribution in [-0.4, -0.2) is 12.1 Å². The minimum Gasteiger partial charge on any atom is -0.462 e. The topological polar surface area (TPSA) is 26.3 Å². The molecule has 0 spiro atoms. The van der Waals surface area contributed by atoms with Crippen molar-refractivity contribution in [3.8, 4) is 0 Å². The molecule has 0 bridgehead atoms. The van der Waals surface area contributed by atoms with E-state index in [2.05, 4.69) is 6.92 Å². The zero-order valence-electron chi connectivity index (χ0n) is 9.00. The van der Waals surface area contributed by atoms with Crippen molar-refractivity contribution < 1.29 is 9.53 Å². The van der Waals surface area contributed by atoms with Crippen LogP contribution in [0.1, 0.15) is 51.9 Å². The molecule has 3 atom stereocenters. The fourth-order valence-corrected chi connectivity index (χ4v) is 2.90. The highest BCUT2D eigenvalue weighted by Gasteiger charge is 2.44. The lowest BCUT2D eigenvalue weighted by atomic mass is 9.77. The van der Waals surface area contributed by atoms with Gasteiger partial charge in [-0.15, -0.1) is 0 Å². The van der Waals surface area contributed by atoms with E-state index in [9.17, 15) is 4.79 Å². The van der Waals surface area contributed by atoms with Gasteiger partial charge >= 0.3 is 5.97 Å². The predicted molar refractivity (Wildman–Crippen MR) is 54.9 cm³/mol. The molecule has 14 heavy (non-hydrogen) atoms. The molecule has 0 aromatic rings. The summed E-state index contributed by atoms with van der Waals surface area (Å²) < 4.78 is 5.47. The van der Waals surface area contributed by atoms with E-state index in [1.54, 1.807) is 0 Å². The average Bonchev–Trinajstić information content (AvgIpc) is 2.54. The molecular formula is C12H20O2. The van der Waals surface area contributed by atoms with E-state index in [1.165, 1.54) is 32.1 Å². The summed E-state index contributed by atoms with van der Waals surface area (Å²) in [4.78, 5) is 11.6. The second-order valence-electron chi connectivity index (χ2n) is 4.67. The quantitative estimate of drug-likeness (QED) is 0.649. The van der Waals surface area contributed by atoms with Crippen LogP contribution in [0.4, 0.5) is 0 Å². The average molecular weight is 196 g/mol. The first-order valence-corrected chi connectivity index (χ1v) is 6.03. The van der Waals surface area contributed by atoms with Gasteiger partial charge in [0.25, 0.3) is 0 Å². The molecule has 1 saturated heterocycles. The van der Waals surface area contributed by atoms with Gasteiger partial charge in [0, 0.05) is 5.92 Å². The van der Waals surface area contributed by atoms with Gasteiger partial charge in [0.1, 0.15) is 6.10 Å². The van der Waals surface area contributed by atoms with Gasteiger partial charge in [-0.25, -0.2) is 0 Å². The number of fused-ring (bicyclic) bond motifs is 1. The molecule has 1 heterocycles. The SMILES string of the molecule is CCCC[C@@H]1OC(=O)[C@@H]2CCCC[C@H]12. The first kappa shape index (κ1) is 10.0. The Morgan fingerprint density at radius 1 is 1.36 bits per heavy atom. The van der Waals surface area contributed by atoms with Crippen LogP contribution in [0.2, 0.25) is 0 Å². The maximum atomic E-state index is 11.6. The van der Waals surface area contributed by atoms with Gasteiger partial charge in [0.05, 0.1) is 5.92 Å². The number of carbonyl (C=O) groups is 1. The van der Waals surface area contributed by atoms with Gasteiger partial charge in [-0.2, -0.15) is 0 Å². The second kappa shape index (κ2) is 4.33. The maximum Gasteiger partial charge on any atom is 0.309 e. The number of esters is 1. The summed E-state index contributed by atoms with van der Waals surface area (Å²) in [6.07, 6.45) is 8.54. The molecule has 0 amide bonds. The molecule has 2 aliphatic rings. The lowest BCUT2D eigenvalue weighted by Crippen LogP contribution is -2.24. The highest BCUT2D eigenvalue weighted by Crippen LogP contribution is 2.41. The van der Waals surface area contributed by atoms with E-state index >= 15 is 0 Å². The zero-order valence-corrected chi connectivity index (χ0v) is 9.00. The standard InChI is InChI=1S/C12H20O2/c1-2-3-8-11-9-6-4-5-7-10(9)12(13)14-11/h9-11H,2-8H2,1H3/t9-,10+,11-/m0/s1. The highest BCUT2D eigenvalue weighted by atomic mass is 16.6. The Bertz CT molecular complexity index is 212. The van der Waals surface area contributed by atoms with Crippen molar-refractivity contribution >= 4 is 5.97 Å². The van der Waals surface area contributed by atoms with Crippen molar-refractivity contribution in [1.29, 1.82) is 0 Å². The van der Waals surface area contributed by atoms with Gasteiger partial charge in [0.15, 0.2) is 0 Å². The van der Waals surface area contributed by atoms with Crippen molar-refractivity contribution in [2.75, 3.05) is 0 Å². The predicted octanol–water partition coefficient (Wildman–Crippen LogP) is 2.91. The van der Waals surface area contributed by atoms with Gasteiger partial charge in [-0.05, 0) is 19.3 Å². The molecule has 0 aromatic carbocycles. The minimum atomic E-state index is 0.0933. The van der Waals surface area contributed by atoms with Crippen LogP contribution in [0.15, 0.2) is 0 Å². The fraction of sp³-hybridized carbons (Fsp3) is 0.917. The molecular weight excluding hydrogens is 176 g/mol. The molecule has 0 N–H and O–H groups in total. The summed E-state index contributed by atoms with van der Waals surface area (Å²) in [5, 5.41) is 0. The number of rotatable bonds is 3. The normalized spacial score (nSPS) is 36.6. The molecule has 1 saturated carbocycles. The molecule has 0 radical (unpaired) electrons. The first-order chi connectivity index (χ1) is 6.83. The summed E-state index contributed by atoms with van der Waals surface area (Å²) in [5.74, 6) is 0.907. The summed E-state index contributed by atoms with van der Waals surface area (Å²) in [6.45, 7) is 2.19. The van der Waals surface area contributed by atoms with Crippen molar-refractivity contribution in [2.45, 2.75) is 58.0 Å². The van der Waals surface area contributed by atoms with Gasteiger partial charge < -0.3 is 4.74 Å². The fourth-order valence-electron chi connectivity index (χ4n) is 2.90. The van der Waals surface area contributed by atoms with Crippen LogP contribution < -0.4 is 0 Å². The number of hydrogen-bond donors (Lipinski definition) is 0. The molecule has 2 nitrogen and oxygen atoms in total. The Balaban J connectivity index is 1.95. The zero-order chi connectivity index (χ0) is 9.97. The number of unbranched alkanes of at least 4 members (excludes halogenated alkanes) is 1. The molecule has 80 valence electrons. The number of cyclic esters (lactones) is 1.